The predicted molar refractivity (Wildman–Crippen MR) is 61.6 cm³/mol. The van der Waals surface area contributed by atoms with Gasteiger partial charge >= 0.3 is 5.97 Å². The monoisotopic (exact) mass is 267 g/mol. The van der Waals surface area contributed by atoms with E-state index < -0.39 is 17.6 Å². The van der Waals surface area contributed by atoms with Crippen LogP contribution in [0.15, 0.2) is 10.6 Å². The lowest BCUT2D eigenvalue weighted by molar-refractivity contribution is -0.121. The van der Waals surface area contributed by atoms with Crippen LogP contribution in [0.3, 0.4) is 0 Å². The van der Waals surface area contributed by atoms with Gasteiger partial charge in [0.2, 0.25) is 11.7 Å². The van der Waals surface area contributed by atoms with Crippen molar-refractivity contribution >= 4 is 17.8 Å². The average molecular weight is 267 g/mol. The van der Waals surface area contributed by atoms with Crippen LogP contribution in [0.25, 0.3) is 0 Å². The molecule has 0 saturated heterocycles. The predicted octanol–water partition coefficient (Wildman–Crippen LogP) is -0.277. The molecule has 0 aliphatic heterocycles. The topological polar surface area (TPSA) is 113 Å². The molecule has 1 aromatic heterocycles. The van der Waals surface area contributed by atoms with Crippen molar-refractivity contribution in [2.75, 3.05) is 13.6 Å². The Morgan fingerprint density at radius 2 is 2.21 bits per heavy atom. The molecule has 1 saturated carbocycles. The first-order valence-corrected chi connectivity index (χ1v) is 5.72. The minimum atomic E-state index is -1.30. The first-order chi connectivity index (χ1) is 8.97. The van der Waals surface area contributed by atoms with Crippen molar-refractivity contribution in [1.29, 1.82) is 0 Å². The number of hydrogen-bond donors (Lipinski definition) is 2. The maximum atomic E-state index is 11.8. The molecular weight excluding hydrogens is 254 g/mol. The molecule has 2 rings (SSSR count). The van der Waals surface area contributed by atoms with Crippen molar-refractivity contribution in [1.82, 2.24) is 15.4 Å². The number of likely N-dealkylation sites (N-methyl/N-ethyl adjacent to an activating group) is 1. The summed E-state index contributed by atoms with van der Waals surface area (Å²) in [6, 6.07) is 1.25. The zero-order chi connectivity index (χ0) is 14.0. The lowest BCUT2D eigenvalue weighted by atomic mass is 10.3. The zero-order valence-corrected chi connectivity index (χ0v) is 10.3. The lowest BCUT2D eigenvalue weighted by Gasteiger charge is -2.14. The summed E-state index contributed by atoms with van der Waals surface area (Å²) in [5, 5.41) is 14.8. The Kier molecular flexibility index (Phi) is 3.50. The van der Waals surface area contributed by atoms with Gasteiger partial charge in [-0.05, 0) is 12.8 Å². The third kappa shape index (κ3) is 3.30. The highest BCUT2D eigenvalue weighted by molar-refractivity contribution is 5.96. The van der Waals surface area contributed by atoms with Crippen LogP contribution < -0.4 is 5.32 Å². The summed E-state index contributed by atoms with van der Waals surface area (Å²) < 4.78 is 4.48. The molecule has 102 valence electrons. The Bertz CT molecular complexity index is 520. The van der Waals surface area contributed by atoms with Gasteiger partial charge in [0.15, 0.2) is 5.69 Å². The van der Waals surface area contributed by atoms with Gasteiger partial charge in [-0.25, -0.2) is 4.79 Å². The Hall–Kier alpha value is -2.38. The second-order valence-corrected chi connectivity index (χ2v) is 4.38. The molecule has 0 unspecified atom stereocenters. The number of nitrogens with zero attached hydrogens (tertiary/aromatic N) is 2. The van der Waals surface area contributed by atoms with Crippen molar-refractivity contribution in [2.24, 2.45) is 0 Å². The molecule has 0 bridgehead atoms. The van der Waals surface area contributed by atoms with Crippen molar-refractivity contribution in [2.45, 2.75) is 18.9 Å². The van der Waals surface area contributed by atoms with Gasteiger partial charge < -0.3 is 19.8 Å². The summed E-state index contributed by atoms with van der Waals surface area (Å²) in [5.74, 6) is -2.54. The van der Waals surface area contributed by atoms with Gasteiger partial charge in [-0.2, -0.15) is 0 Å². The maximum Gasteiger partial charge on any atom is 0.374 e. The van der Waals surface area contributed by atoms with Gasteiger partial charge in [0, 0.05) is 19.2 Å². The van der Waals surface area contributed by atoms with E-state index in [0.29, 0.717) is 0 Å². The number of carbonyl (C=O) groups is 3. The number of aromatic nitrogens is 1. The molecule has 1 aliphatic carbocycles. The van der Waals surface area contributed by atoms with Crippen LogP contribution in [-0.2, 0) is 4.79 Å². The summed E-state index contributed by atoms with van der Waals surface area (Å²) in [7, 11) is 1.43. The number of amides is 2. The first-order valence-electron chi connectivity index (χ1n) is 5.72. The van der Waals surface area contributed by atoms with Crippen molar-refractivity contribution in [3.8, 4) is 0 Å². The maximum absolute atomic E-state index is 11.8. The third-order valence-electron chi connectivity index (χ3n) is 2.61. The molecule has 0 spiro atoms. The molecule has 8 heteroatoms. The van der Waals surface area contributed by atoms with Crippen molar-refractivity contribution < 1.29 is 24.0 Å². The van der Waals surface area contributed by atoms with Gasteiger partial charge in [0.1, 0.15) is 0 Å². The Morgan fingerprint density at radius 3 is 2.74 bits per heavy atom. The van der Waals surface area contributed by atoms with Gasteiger partial charge in [0.05, 0.1) is 6.54 Å². The SMILES string of the molecule is CN(CC(=O)NC1CC1)C(=O)c1cc(C(=O)O)on1. The second kappa shape index (κ2) is 5.09. The normalized spacial score (nSPS) is 13.9. The molecule has 1 heterocycles. The van der Waals surface area contributed by atoms with Crippen LogP contribution in [-0.4, -0.2) is 52.6 Å². The van der Waals surface area contributed by atoms with Gasteiger partial charge in [-0.1, -0.05) is 5.16 Å². The van der Waals surface area contributed by atoms with E-state index in [2.05, 4.69) is 15.0 Å². The third-order valence-corrected chi connectivity index (χ3v) is 2.61. The molecule has 1 aromatic rings. The smallest absolute Gasteiger partial charge is 0.374 e. The van der Waals surface area contributed by atoms with E-state index in [1.165, 1.54) is 7.05 Å². The lowest BCUT2D eigenvalue weighted by Crippen LogP contribution is -2.39. The highest BCUT2D eigenvalue weighted by atomic mass is 16.5. The highest BCUT2D eigenvalue weighted by Gasteiger charge is 2.25. The fraction of sp³-hybridized carbons (Fsp3) is 0.455. The fourth-order valence-electron chi connectivity index (χ4n) is 1.46. The zero-order valence-electron chi connectivity index (χ0n) is 10.3. The quantitative estimate of drug-likeness (QED) is 0.758. The Balaban J connectivity index is 1.93. The summed E-state index contributed by atoms with van der Waals surface area (Å²) in [6.07, 6.45) is 1.93. The molecular formula is C11H13N3O5. The fourth-order valence-corrected chi connectivity index (χ4v) is 1.46. The van der Waals surface area contributed by atoms with E-state index >= 15 is 0 Å². The summed E-state index contributed by atoms with van der Waals surface area (Å²) in [5.41, 5.74) is -0.140. The number of carboxylic acids is 1. The molecule has 0 radical (unpaired) electrons. The van der Waals surface area contributed by atoms with Crippen LogP contribution >= 0.6 is 0 Å². The Morgan fingerprint density at radius 1 is 1.53 bits per heavy atom. The van der Waals surface area contributed by atoms with E-state index in [4.69, 9.17) is 5.11 Å². The molecule has 2 N–H and O–H groups in total. The van der Waals surface area contributed by atoms with E-state index in [-0.39, 0.29) is 24.2 Å². The van der Waals surface area contributed by atoms with Gasteiger partial charge in [-0.3, -0.25) is 9.59 Å². The highest BCUT2D eigenvalue weighted by Crippen LogP contribution is 2.18. The number of carboxylic acid groups (broad SMARTS) is 1. The average Bonchev–Trinajstić information content (AvgIpc) is 3.00. The number of aromatic carboxylic acids is 1. The number of carbonyl (C=O) groups excluding carboxylic acids is 2. The van der Waals surface area contributed by atoms with Crippen molar-refractivity contribution in [3.63, 3.8) is 0 Å². The summed E-state index contributed by atoms with van der Waals surface area (Å²) in [6.45, 7) is -0.107. The second-order valence-electron chi connectivity index (χ2n) is 4.38. The van der Waals surface area contributed by atoms with Crippen LogP contribution in [0.4, 0.5) is 0 Å². The van der Waals surface area contributed by atoms with E-state index in [1.54, 1.807) is 0 Å². The number of rotatable bonds is 5. The van der Waals surface area contributed by atoms with Crippen LogP contribution in [0, 0.1) is 0 Å². The Labute approximate surface area is 108 Å². The summed E-state index contributed by atoms with van der Waals surface area (Å²) >= 11 is 0. The van der Waals surface area contributed by atoms with Crippen molar-refractivity contribution in [3.05, 3.63) is 17.5 Å². The molecule has 19 heavy (non-hydrogen) atoms. The van der Waals surface area contributed by atoms with E-state index in [9.17, 15) is 14.4 Å². The standard InChI is InChI=1S/C11H13N3O5/c1-14(5-9(15)12-6-2-3-6)10(16)7-4-8(11(17)18)19-13-7/h4,6H,2-3,5H2,1H3,(H,12,15)(H,17,18). The van der Waals surface area contributed by atoms with Gasteiger partial charge in [0.25, 0.3) is 5.91 Å². The van der Waals surface area contributed by atoms with E-state index in [1.807, 2.05) is 0 Å². The van der Waals surface area contributed by atoms with E-state index in [0.717, 1.165) is 23.8 Å². The number of hydrogen-bond acceptors (Lipinski definition) is 5. The van der Waals surface area contributed by atoms with Gasteiger partial charge in [-0.15, -0.1) is 0 Å². The first kappa shape index (κ1) is 13.1. The van der Waals surface area contributed by atoms with Crippen LogP contribution in [0.1, 0.15) is 33.9 Å². The summed E-state index contributed by atoms with van der Waals surface area (Å²) in [4.78, 5) is 35.1. The molecule has 2 amide bonds. The van der Waals surface area contributed by atoms with Crippen LogP contribution in [0.5, 0.6) is 0 Å². The molecule has 1 fully saturated rings. The largest absolute Gasteiger partial charge is 0.475 e. The minimum absolute atomic E-state index is 0.107. The van der Waals surface area contributed by atoms with Crippen LogP contribution in [0.2, 0.25) is 0 Å². The molecule has 8 nitrogen and oxygen atoms in total. The molecule has 0 aromatic carbocycles. The molecule has 0 atom stereocenters. The minimum Gasteiger partial charge on any atom is -0.475 e. The number of nitrogens with one attached hydrogen (secondary N) is 1. The molecule has 1 aliphatic rings.